The molecule has 0 fully saturated rings. The summed E-state index contributed by atoms with van der Waals surface area (Å²) in [6.45, 7) is 0.698. The zero-order valence-corrected chi connectivity index (χ0v) is 8.05. The second kappa shape index (κ2) is 3.93. The van der Waals surface area contributed by atoms with Crippen molar-refractivity contribution in [2.75, 3.05) is 0 Å². The molecule has 1 aromatic rings. The van der Waals surface area contributed by atoms with Crippen LogP contribution in [0.25, 0.3) is 0 Å². The van der Waals surface area contributed by atoms with E-state index in [2.05, 4.69) is 18.2 Å². The van der Waals surface area contributed by atoms with Crippen LogP contribution in [-0.2, 0) is 19.4 Å². The first kappa shape index (κ1) is 8.76. The maximum atomic E-state index is 5.72. The number of nitrogens with two attached hydrogens (primary N) is 1. The van der Waals surface area contributed by atoms with Crippen LogP contribution >= 0.6 is 0 Å². The highest BCUT2D eigenvalue weighted by Crippen LogP contribution is 2.23. The predicted octanol–water partition coefficient (Wildman–Crippen LogP) is 2.41. The van der Waals surface area contributed by atoms with Crippen LogP contribution in [0.5, 0.6) is 0 Å². The first-order chi connectivity index (χ1) is 6.42. The zero-order chi connectivity index (χ0) is 9.10. The first-order valence-corrected chi connectivity index (χ1v) is 5.21. The molecule has 2 N–H and O–H groups in total. The van der Waals surface area contributed by atoms with Gasteiger partial charge in [0.15, 0.2) is 0 Å². The van der Waals surface area contributed by atoms with Gasteiger partial charge in [0.1, 0.15) is 0 Å². The van der Waals surface area contributed by atoms with E-state index in [4.69, 9.17) is 5.73 Å². The van der Waals surface area contributed by atoms with Crippen LogP contribution in [0.3, 0.4) is 0 Å². The molecule has 0 radical (unpaired) electrons. The van der Waals surface area contributed by atoms with Crippen molar-refractivity contribution in [3.05, 3.63) is 34.9 Å². The van der Waals surface area contributed by atoms with Gasteiger partial charge in [0, 0.05) is 6.54 Å². The number of aryl methyl sites for hydroxylation is 1. The molecule has 0 amide bonds. The second-order valence-electron chi connectivity index (χ2n) is 3.82. The van der Waals surface area contributed by atoms with Gasteiger partial charge in [-0.2, -0.15) is 0 Å². The lowest BCUT2D eigenvalue weighted by molar-refractivity contribution is 0.710. The van der Waals surface area contributed by atoms with Crippen molar-refractivity contribution in [3.8, 4) is 0 Å². The maximum absolute atomic E-state index is 5.72. The van der Waals surface area contributed by atoms with E-state index in [1.807, 2.05) is 0 Å². The van der Waals surface area contributed by atoms with Crippen molar-refractivity contribution >= 4 is 0 Å². The van der Waals surface area contributed by atoms with Gasteiger partial charge in [0.05, 0.1) is 0 Å². The summed E-state index contributed by atoms with van der Waals surface area (Å²) in [4.78, 5) is 0. The molecular weight excluding hydrogens is 158 g/mol. The Morgan fingerprint density at radius 1 is 1.08 bits per heavy atom. The lowest BCUT2D eigenvalue weighted by Crippen LogP contribution is -2.03. The van der Waals surface area contributed by atoms with Gasteiger partial charge in [-0.15, -0.1) is 0 Å². The monoisotopic (exact) mass is 175 g/mol. The molecule has 1 nitrogen and oxygen atoms in total. The number of hydrogen-bond donors (Lipinski definition) is 1. The largest absolute Gasteiger partial charge is 0.326 e. The van der Waals surface area contributed by atoms with Gasteiger partial charge in [-0.3, -0.25) is 0 Å². The average molecular weight is 175 g/mol. The molecule has 2 rings (SSSR count). The van der Waals surface area contributed by atoms with Gasteiger partial charge < -0.3 is 5.73 Å². The zero-order valence-electron chi connectivity index (χ0n) is 8.05. The molecule has 0 aliphatic heterocycles. The van der Waals surface area contributed by atoms with Gasteiger partial charge in [0.25, 0.3) is 0 Å². The topological polar surface area (TPSA) is 26.0 Å². The van der Waals surface area contributed by atoms with E-state index in [1.165, 1.54) is 37.7 Å². The van der Waals surface area contributed by atoms with E-state index in [0.717, 1.165) is 0 Å². The first-order valence-electron chi connectivity index (χ1n) is 5.21. The lowest BCUT2D eigenvalue weighted by Gasteiger charge is -2.10. The van der Waals surface area contributed by atoms with Crippen molar-refractivity contribution < 1.29 is 0 Å². The number of fused-ring (bicyclic) bond motifs is 1. The summed E-state index contributed by atoms with van der Waals surface area (Å²) in [5.74, 6) is 0. The highest BCUT2D eigenvalue weighted by molar-refractivity contribution is 5.36. The minimum Gasteiger partial charge on any atom is -0.326 e. The van der Waals surface area contributed by atoms with Gasteiger partial charge in [-0.1, -0.05) is 24.6 Å². The molecule has 0 aromatic heterocycles. The Morgan fingerprint density at radius 3 is 2.77 bits per heavy atom. The van der Waals surface area contributed by atoms with E-state index < -0.39 is 0 Å². The van der Waals surface area contributed by atoms with Crippen LogP contribution in [0, 0.1) is 0 Å². The summed E-state index contributed by atoms with van der Waals surface area (Å²) < 4.78 is 0. The molecule has 13 heavy (non-hydrogen) atoms. The third-order valence-electron chi connectivity index (χ3n) is 2.96. The molecule has 0 bridgehead atoms. The van der Waals surface area contributed by atoms with Gasteiger partial charge >= 0.3 is 0 Å². The molecule has 0 spiro atoms. The smallest absolute Gasteiger partial charge is 0.0180 e. The van der Waals surface area contributed by atoms with Crippen molar-refractivity contribution in [2.24, 2.45) is 5.73 Å². The summed E-state index contributed by atoms with van der Waals surface area (Å²) in [7, 11) is 0. The quantitative estimate of drug-likeness (QED) is 0.652. The molecule has 0 saturated heterocycles. The minimum absolute atomic E-state index is 0.698. The third-order valence-corrected chi connectivity index (χ3v) is 2.96. The maximum Gasteiger partial charge on any atom is 0.0180 e. The fourth-order valence-electron chi connectivity index (χ4n) is 2.23. The summed E-state index contributed by atoms with van der Waals surface area (Å²) >= 11 is 0. The van der Waals surface area contributed by atoms with Crippen LogP contribution in [-0.4, -0.2) is 0 Å². The average Bonchev–Trinajstić information content (AvgIpc) is 2.41. The van der Waals surface area contributed by atoms with Gasteiger partial charge in [-0.25, -0.2) is 0 Å². The fraction of sp³-hybridized carbons (Fsp3) is 0.500. The molecule has 70 valence electrons. The van der Waals surface area contributed by atoms with E-state index in [-0.39, 0.29) is 0 Å². The molecule has 1 aliphatic rings. The van der Waals surface area contributed by atoms with Crippen molar-refractivity contribution in [3.63, 3.8) is 0 Å². The van der Waals surface area contributed by atoms with Gasteiger partial charge in [0.2, 0.25) is 0 Å². The summed E-state index contributed by atoms with van der Waals surface area (Å²) in [5, 5.41) is 0. The van der Waals surface area contributed by atoms with Crippen molar-refractivity contribution in [2.45, 2.75) is 38.6 Å². The van der Waals surface area contributed by atoms with E-state index >= 15 is 0 Å². The van der Waals surface area contributed by atoms with E-state index in [0.29, 0.717) is 6.54 Å². The Bertz CT molecular complexity index is 291. The predicted molar refractivity (Wildman–Crippen MR) is 55.6 cm³/mol. The second-order valence-corrected chi connectivity index (χ2v) is 3.82. The Hall–Kier alpha value is -0.820. The van der Waals surface area contributed by atoms with Crippen LogP contribution < -0.4 is 5.73 Å². The molecular formula is C12H17N. The number of hydrogen-bond acceptors (Lipinski definition) is 1. The van der Waals surface area contributed by atoms with Crippen molar-refractivity contribution in [1.82, 2.24) is 0 Å². The lowest BCUT2D eigenvalue weighted by atomic mass is 9.97. The Labute approximate surface area is 80.0 Å². The Kier molecular flexibility index (Phi) is 2.65. The molecule has 0 unspecified atom stereocenters. The number of rotatable bonds is 1. The highest BCUT2D eigenvalue weighted by atomic mass is 14.5. The number of benzene rings is 1. The molecule has 0 atom stereocenters. The van der Waals surface area contributed by atoms with Crippen LogP contribution in [0.4, 0.5) is 0 Å². The highest BCUT2D eigenvalue weighted by Gasteiger charge is 2.10. The van der Waals surface area contributed by atoms with Crippen LogP contribution in [0.2, 0.25) is 0 Å². The molecule has 1 aliphatic carbocycles. The summed E-state index contributed by atoms with van der Waals surface area (Å²) in [5.41, 5.74) is 10.2. The summed E-state index contributed by atoms with van der Waals surface area (Å²) in [6.07, 6.45) is 6.55. The van der Waals surface area contributed by atoms with Crippen molar-refractivity contribution in [1.29, 1.82) is 0 Å². The van der Waals surface area contributed by atoms with Crippen LogP contribution in [0.1, 0.15) is 36.0 Å². The van der Waals surface area contributed by atoms with Crippen LogP contribution in [0.15, 0.2) is 18.2 Å². The Balaban J connectivity index is 2.40. The summed E-state index contributed by atoms with van der Waals surface area (Å²) in [6, 6.07) is 6.58. The SMILES string of the molecule is NCc1cccc2c1CCCCC2. The minimum atomic E-state index is 0.698. The van der Waals surface area contributed by atoms with E-state index in [1.54, 1.807) is 11.1 Å². The molecule has 0 saturated carbocycles. The van der Waals surface area contributed by atoms with Gasteiger partial charge in [-0.05, 0) is 42.4 Å². The molecule has 1 heteroatoms. The standard InChI is InChI=1S/C12H17N/c13-9-11-7-4-6-10-5-2-1-3-8-12(10)11/h4,6-7H,1-3,5,8-9,13H2. The molecule has 0 heterocycles. The van der Waals surface area contributed by atoms with E-state index in [9.17, 15) is 0 Å². The third kappa shape index (κ3) is 1.75. The normalized spacial score (nSPS) is 16.4. The Morgan fingerprint density at radius 2 is 1.92 bits per heavy atom. The fourth-order valence-corrected chi connectivity index (χ4v) is 2.23. The molecule has 1 aromatic carbocycles.